The van der Waals surface area contributed by atoms with Gasteiger partial charge in [0.05, 0.1) is 31.0 Å². The van der Waals surface area contributed by atoms with Gasteiger partial charge in [0.25, 0.3) is 5.79 Å². The normalized spacial score (nSPS) is 14.6. The van der Waals surface area contributed by atoms with E-state index in [0.717, 1.165) is 45.7 Å². The molecule has 0 radical (unpaired) electrons. The molecule has 10 nitrogen and oxygen atoms in total. The maximum atomic E-state index is 16.2. The van der Waals surface area contributed by atoms with E-state index in [4.69, 9.17) is 33.7 Å². The van der Waals surface area contributed by atoms with Crippen LogP contribution in [0.5, 0.6) is 23.0 Å². The molecule has 1 aliphatic carbocycles. The zero-order chi connectivity index (χ0) is 36.5. The van der Waals surface area contributed by atoms with Gasteiger partial charge in [-0.15, -0.1) is 0 Å². The first-order valence-corrected chi connectivity index (χ1v) is 18.8. The van der Waals surface area contributed by atoms with Crippen molar-refractivity contribution < 1.29 is 32.9 Å². The minimum atomic E-state index is -0.952. The molecule has 0 N–H and O–H groups in total. The van der Waals surface area contributed by atoms with Crippen molar-refractivity contribution in [3.05, 3.63) is 89.7 Å². The van der Waals surface area contributed by atoms with E-state index in [1.54, 1.807) is 14.2 Å². The van der Waals surface area contributed by atoms with Gasteiger partial charge in [-0.2, -0.15) is 0 Å². The Bertz CT molecular complexity index is 2220. The van der Waals surface area contributed by atoms with Gasteiger partial charge in [-0.1, -0.05) is 42.5 Å². The van der Waals surface area contributed by atoms with Crippen LogP contribution in [0.15, 0.2) is 72.8 Å². The van der Waals surface area contributed by atoms with E-state index in [9.17, 15) is 4.79 Å². The number of methoxy groups -OCH3 is 2. The molecule has 0 amide bonds. The highest BCUT2D eigenvalue weighted by Gasteiger charge is 2.50. The Hall–Kier alpha value is -5.36. The number of fused-ring (bicyclic) bond motifs is 1. The number of anilines is 1. The summed E-state index contributed by atoms with van der Waals surface area (Å²) in [5, 5.41) is 0.705. The van der Waals surface area contributed by atoms with Crippen LogP contribution in [-0.4, -0.2) is 47.1 Å². The summed E-state index contributed by atoms with van der Waals surface area (Å²) >= 11 is 1.45. The van der Waals surface area contributed by atoms with Gasteiger partial charge in [-0.3, -0.25) is 4.79 Å². The quantitative estimate of drug-likeness (QED) is 0.0850. The molecule has 8 rings (SSSR count). The van der Waals surface area contributed by atoms with Crippen molar-refractivity contribution in [3.8, 4) is 34.4 Å². The highest BCUT2D eigenvalue weighted by molar-refractivity contribution is 7.22. The fourth-order valence-corrected chi connectivity index (χ4v) is 7.72. The summed E-state index contributed by atoms with van der Waals surface area (Å²) in [6, 6.07) is 23.1. The van der Waals surface area contributed by atoms with Crippen LogP contribution in [0, 0.1) is 5.82 Å². The third-order valence-electron chi connectivity index (χ3n) is 9.56. The van der Waals surface area contributed by atoms with Gasteiger partial charge >= 0.3 is 5.97 Å². The molecular formula is C41H41FN4O6S. The lowest BCUT2D eigenvalue weighted by Gasteiger charge is -2.22. The average Bonchev–Trinajstić information content (AvgIpc) is 3.57. The van der Waals surface area contributed by atoms with Gasteiger partial charge in [0, 0.05) is 56.6 Å². The summed E-state index contributed by atoms with van der Waals surface area (Å²) in [7, 11) is 3.30. The van der Waals surface area contributed by atoms with Gasteiger partial charge in [-0.05, 0) is 66.8 Å². The maximum Gasteiger partial charge on any atom is 0.309 e. The number of aryl methyl sites for hydroxylation is 1. The number of nitrogens with zero attached hydrogens (tertiary/aromatic N) is 4. The molecule has 274 valence electrons. The van der Waals surface area contributed by atoms with Crippen LogP contribution in [0.2, 0.25) is 0 Å². The van der Waals surface area contributed by atoms with E-state index in [1.807, 2.05) is 73.7 Å². The molecule has 3 heterocycles. The van der Waals surface area contributed by atoms with Crippen LogP contribution in [0.4, 0.5) is 9.52 Å². The van der Waals surface area contributed by atoms with Crippen LogP contribution in [0.25, 0.3) is 32.6 Å². The molecule has 1 aliphatic heterocycles. The highest BCUT2D eigenvalue weighted by atomic mass is 32.1. The first kappa shape index (κ1) is 34.7. The second-order valence-electron chi connectivity index (χ2n) is 13.5. The number of rotatable bonds is 13. The van der Waals surface area contributed by atoms with Crippen molar-refractivity contribution in [2.45, 2.75) is 70.9 Å². The average molecular weight is 737 g/mol. The van der Waals surface area contributed by atoms with Gasteiger partial charge in [0.1, 0.15) is 39.9 Å². The van der Waals surface area contributed by atoms with Crippen molar-refractivity contribution in [1.29, 1.82) is 0 Å². The van der Waals surface area contributed by atoms with Crippen molar-refractivity contribution in [2.24, 2.45) is 0 Å². The number of imidazole rings is 1. The van der Waals surface area contributed by atoms with Crippen molar-refractivity contribution in [1.82, 2.24) is 14.5 Å². The molecule has 6 aromatic rings. The Morgan fingerprint density at radius 2 is 1.62 bits per heavy atom. The molecule has 4 aromatic carbocycles. The fraction of sp³-hybridized carbons (Fsp3) is 0.341. The Labute approximate surface area is 311 Å². The van der Waals surface area contributed by atoms with E-state index in [2.05, 4.69) is 9.47 Å². The molecule has 0 spiro atoms. The molecule has 1 saturated carbocycles. The number of halogens is 1. The first-order valence-electron chi connectivity index (χ1n) is 18.0. The van der Waals surface area contributed by atoms with Gasteiger partial charge in [-0.25, -0.2) is 14.4 Å². The lowest BCUT2D eigenvalue weighted by atomic mass is 10.1. The monoisotopic (exact) mass is 736 g/mol. The first-order chi connectivity index (χ1) is 25.8. The van der Waals surface area contributed by atoms with Crippen LogP contribution in [-0.2, 0) is 29.2 Å². The topological polar surface area (TPSA) is 97.2 Å². The molecule has 53 heavy (non-hydrogen) atoms. The van der Waals surface area contributed by atoms with Gasteiger partial charge < -0.3 is 33.2 Å². The summed E-state index contributed by atoms with van der Waals surface area (Å²) < 4.78 is 48.0. The van der Waals surface area contributed by atoms with E-state index in [1.165, 1.54) is 17.4 Å². The van der Waals surface area contributed by atoms with E-state index >= 15 is 4.39 Å². The number of hydrogen-bond acceptors (Lipinski definition) is 10. The molecule has 0 unspecified atom stereocenters. The van der Waals surface area contributed by atoms with Gasteiger partial charge in [0.15, 0.2) is 10.9 Å². The minimum Gasteiger partial charge on any atom is -0.497 e. The molecule has 2 aromatic heterocycles. The third-order valence-corrected chi connectivity index (χ3v) is 10.6. The standard InChI is InChI=1S/C41H41FN4O6S/c1-4-7-36(47)52-41(16-17-41)51-31-22-33-38-34(23-31)50-19-6-5-18-46(38)39(43-33)28-20-32(42)37-35(21-28)53-40(44-37)45(24-26-8-12-29(48-2)13-9-26)25-27-10-14-30(49-3)15-11-27/h8-15,20-23H,4-7,16-19,24-25H2,1-3H3. The summed E-state index contributed by atoms with van der Waals surface area (Å²) in [6.45, 7) is 4.33. The molecule has 0 saturated heterocycles. The summed E-state index contributed by atoms with van der Waals surface area (Å²) in [6.07, 6.45) is 4.05. The summed E-state index contributed by atoms with van der Waals surface area (Å²) in [4.78, 5) is 24.4. The number of benzene rings is 4. The minimum absolute atomic E-state index is 0.267. The smallest absolute Gasteiger partial charge is 0.309 e. The summed E-state index contributed by atoms with van der Waals surface area (Å²) in [5.41, 5.74) is 4.61. The lowest BCUT2D eigenvalue weighted by Crippen LogP contribution is -2.26. The lowest BCUT2D eigenvalue weighted by molar-refractivity contribution is -0.169. The predicted molar refractivity (Wildman–Crippen MR) is 203 cm³/mol. The largest absolute Gasteiger partial charge is 0.497 e. The number of esters is 1. The predicted octanol–water partition coefficient (Wildman–Crippen LogP) is 9.06. The Morgan fingerprint density at radius 1 is 0.925 bits per heavy atom. The highest BCUT2D eigenvalue weighted by Crippen LogP contribution is 2.45. The zero-order valence-electron chi connectivity index (χ0n) is 30.0. The van der Waals surface area contributed by atoms with Crippen molar-refractivity contribution >= 4 is 43.7 Å². The van der Waals surface area contributed by atoms with Crippen molar-refractivity contribution in [2.75, 3.05) is 25.7 Å². The van der Waals surface area contributed by atoms with Crippen LogP contribution >= 0.6 is 11.3 Å². The van der Waals surface area contributed by atoms with E-state index < -0.39 is 11.6 Å². The molecule has 12 heteroatoms. The van der Waals surface area contributed by atoms with E-state index in [-0.39, 0.29) is 5.97 Å². The molecule has 1 fully saturated rings. The maximum absolute atomic E-state index is 16.2. The number of hydrogen-bond donors (Lipinski definition) is 0. The Kier molecular flexibility index (Phi) is 9.55. The number of thiazole rings is 1. The van der Waals surface area contributed by atoms with E-state index in [0.29, 0.717) is 91.0 Å². The molecule has 0 atom stereocenters. The Morgan fingerprint density at radius 3 is 2.26 bits per heavy atom. The number of aromatic nitrogens is 3. The number of carbonyl (C=O) groups excluding carboxylic acids is 1. The second kappa shape index (κ2) is 14.6. The summed E-state index contributed by atoms with van der Waals surface area (Å²) in [5.74, 6) is 1.74. The van der Waals surface area contributed by atoms with Crippen LogP contribution < -0.4 is 23.8 Å². The number of ether oxygens (including phenoxy) is 5. The third kappa shape index (κ3) is 7.33. The van der Waals surface area contributed by atoms with Crippen LogP contribution in [0.1, 0.15) is 56.6 Å². The van der Waals surface area contributed by atoms with Gasteiger partial charge in [0.2, 0.25) is 0 Å². The zero-order valence-corrected chi connectivity index (χ0v) is 30.8. The molecule has 2 aliphatic rings. The number of carbonyl (C=O) groups is 1. The molecule has 0 bridgehead atoms. The Balaban J connectivity index is 1.15. The second-order valence-corrected chi connectivity index (χ2v) is 14.5. The SMILES string of the molecule is CCCC(=O)OC1(Oc2cc3c4c(c2)nc(-c2cc(F)c5nc(N(Cc6ccc(OC)cc6)Cc6ccc(OC)cc6)sc5c2)n4CCCCO3)CC1. The van der Waals surface area contributed by atoms with Crippen LogP contribution in [0.3, 0.4) is 0 Å². The van der Waals surface area contributed by atoms with Crippen molar-refractivity contribution in [3.63, 3.8) is 0 Å². The molecular weight excluding hydrogens is 696 g/mol. The fourth-order valence-electron chi connectivity index (χ4n) is 6.71.